The normalized spacial score (nSPS) is 17.5. The molecule has 2 aromatic carbocycles. The molecule has 3 heteroatoms. The van der Waals surface area contributed by atoms with E-state index in [1.165, 1.54) is 35.1 Å². The van der Waals surface area contributed by atoms with Crippen molar-refractivity contribution >= 4 is 0 Å². The molecular formula is C23H29NO2. The lowest BCUT2D eigenvalue weighted by molar-refractivity contribution is 0.332. The van der Waals surface area contributed by atoms with E-state index in [0.717, 1.165) is 16.9 Å². The second-order valence-electron chi connectivity index (χ2n) is 8.80. The summed E-state index contributed by atoms with van der Waals surface area (Å²) in [7, 11) is 1.69. The lowest BCUT2D eigenvalue weighted by Crippen LogP contribution is -2.34. The number of hydrogen-bond acceptors (Lipinski definition) is 3. The molecule has 1 aliphatic carbocycles. The van der Waals surface area contributed by atoms with Gasteiger partial charge in [0, 0.05) is 5.56 Å². The number of aryl methyl sites for hydroxylation is 1. The van der Waals surface area contributed by atoms with Gasteiger partial charge in [-0.15, -0.1) is 0 Å². The second-order valence-corrected chi connectivity index (χ2v) is 8.80. The maximum atomic E-state index is 10.7. The van der Waals surface area contributed by atoms with Gasteiger partial charge in [0.2, 0.25) is 0 Å². The second kappa shape index (κ2) is 6.53. The van der Waals surface area contributed by atoms with Crippen LogP contribution in [0.4, 0.5) is 0 Å². The van der Waals surface area contributed by atoms with Crippen LogP contribution in [0.1, 0.15) is 62.8 Å². The van der Waals surface area contributed by atoms with Crippen LogP contribution in [0.3, 0.4) is 0 Å². The average molecular weight is 351 g/mol. The minimum absolute atomic E-state index is 0.155. The summed E-state index contributed by atoms with van der Waals surface area (Å²) >= 11 is 0. The third kappa shape index (κ3) is 3.15. The molecule has 0 atom stereocenters. The number of nitrogens with zero attached hydrogens (tertiary/aromatic N) is 1. The van der Waals surface area contributed by atoms with E-state index in [9.17, 15) is 4.91 Å². The molecule has 0 fully saturated rings. The molecule has 0 N–H and O–H groups in total. The summed E-state index contributed by atoms with van der Waals surface area (Å²) < 4.78 is 5.62. The molecule has 2 aromatic rings. The van der Waals surface area contributed by atoms with E-state index >= 15 is 0 Å². The standard InChI is InChI=1S/C23H29NO2/c1-15-11-19-20(23(4,5)10-9-22(19,2)3)13-17(15)18-12-16(14-24-25)7-8-21(18)26-6/h7-8,11-13H,9-10,14H2,1-6H3. The Balaban J connectivity index is 2.25. The van der Waals surface area contributed by atoms with Crippen LogP contribution in [-0.4, -0.2) is 7.11 Å². The first-order valence-electron chi connectivity index (χ1n) is 9.31. The van der Waals surface area contributed by atoms with Crippen molar-refractivity contribution in [1.29, 1.82) is 0 Å². The molecule has 0 aromatic heterocycles. The Kier molecular flexibility index (Phi) is 4.68. The van der Waals surface area contributed by atoms with E-state index in [1.54, 1.807) is 7.11 Å². The molecule has 26 heavy (non-hydrogen) atoms. The Hall–Kier alpha value is -2.16. The lowest BCUT2D eigenvalue weighted by atomic mass is 9.62. The van der Waals surface area contributed by atoms with Crippen molar-refractivity contribution in [2.75, 3.05) is 7.11 Å². The van der Waals surface area contributed by atoms with Crippen LogP contribution in [0, 0.1) is 11.8 Å². The highest BCUT2D eigenvalue weighted by Gasteiger charge is 2.37. The van der Waals surface area contributed by atoms with Gasteiger partial charge in [0.1, 0.15) is 12.3 Å². The molecule has 3 rings (SSSR count). The number of benzene rings is 2. The third-order valence-electron chi connectivity index (χ3n) is 6.00. The van der Waals surface area contributed by atoms with Crippen molar-refractivity contribution in [2.45, 2.75) is 64.8 Å². The number of nitroso groups, excluding NO2 is 1. The summed E-state index contributed by atoms with van der Waals surface area (Å²) in [6.45, 7) is 11.7. The van der Waals surface area contributed by atoms with Crippen molar-refractivity contribution in [1.82, 2.24) is 0 Å². The number of hydrogen-bond donors (Lipinski definition) is 0. The van der Waals surface area contributed by atoms with Gasteiger partial charge in [-0.05, 0) is 76.6 Å². The zero-order valence-corrected chi connectivity index (χ0v) is 16.8. The molecule has 0 saturated carbocycles. The summed E-state index contributed by atoms with van der Waals surface area (Å²) in [5, 5.41) is 3.04. The first kappa shape index (κ1) is 18.6. The van der Waals surface area contributed by atoms with Crippen LogP contribution < -0.4 is 4.74 Å². The van der Waals surface area contributed by atoms with Gasteiger partial charge in [-0.25, -0.2) is 0 Å². The summed E-state index contributed by atoms with van der Waals surface area (Å²) in [5.41, 5.74) is 7.60. The molecule has 0 spiro atoms. The van der Waals surface area contributed by atoms with Crippen molar-refractivity contribution in [2.24, 2.45) is 5.18 Å². The Morgan fingerprint density at radius 3 is 2.15 bits per heavy atom. The lowest BCUT2D eigenvalue weighted by Gasteiger charge is -2.42. The molecule has 0 radical (unpaired) electrons. The number of rotatable bonds is 4. The molecule has 138 valence electrons. The van der Waals surface area contributed by atoms with Crippen LogP contribution in [0.5, 0.6) is 5.75 Å². The van der Waals surface area contributed by atoms with E-state index < -0.39 is 0 Å². The monoisotopic (exact) mass is 351 g/mol. The molecule has 1 aliphatic rings. The molecular weight excluding hydrogens is 322 g/mol. The topological polar surface area (TPSA) is 38.7 Å². The van der Waals surface area contributed by atoms with E-state index in [0.29, 0.717) is 0 Å². The minimum atomic E-state index is 0.155. The summed E-state index contributed by atoms with van der Waals surface area (Å²) in [5.74, 6) is 0.829. The molecule has 0 amide bonds. The molecule has 0 saturated heterocycles. The van der Waals surface area contributed by atoms with Gasteiger partial charge in [0.15, 0.2) is 0 Å². The molecule has 0 aliphatic heterocycles. The summed E-state index contributed by atoms with van der Waals surface area (Å²) in [6.07, 6.45) is 2.39. The zero-order valence-electron chi connectivity index (χ0n) is 16.8. The van der Waals surface area contributed by atoms with Crippen molar-refractivity contribution in [3.05, 3.63) is 57.5 Å². The smallest absolute Gasteiger partial charge is 0.126 e. The molecule has 0 heterocycles. The fourth-order valence-electron chi connectivity index (χ4n) is 4.15. The van der Waals surface area contributed by atoms with Gasteiger partial charge in [0.25, 0.3) is 0 Å². The van der Waals surface area contributed by atoms with Gasteiger partial charge >= 0.3 is 0 Å². The highest BCUT2D eigenvalue weighted by molar-refractivity contribution is 5.76. The predicted molar refractivity (Wildman–Crippen MR) is 108 cm³/mol. The molecule has 3 nitrogen and oxygen atoms in total. The van der Waals surface area contributed by atoms with Gasteiger partial charge in [-0.1, -0.05) is 45.0 Å². The highest BCUT2D eigenvalue weighted by Crippen LogP contribution is 2.48. The largest absolute Gasteiger partial charge is 0.496 e. The summed E-state index contributed by atoms with van der Waals surface area (Å²) in [6, 6.07) is 10.6. The minimum Gasteiger partial charge on any atom is -0.496 e. The Labute approximate surface area is 156 Å². The van der Waals surface area contributed by atoms with Crippen molar-refractivity contribution in [3.63, 3.8) is 0 Å². The third-order valence-corrected chi connectivity index (χ3v) is 6.00. The quantitative estimate of drug-likeness (QED) is 0.607. The predicted octanol–water partition coefficient (Wildman–Crippen LogP) is 6.29. The first-order chi connectivity index (χ1) is 12.2. The van der Waals surface area contributed by atoms with Gasteiger partial charge < -0.3 is 4.74 Å². The van der Waals surface area contributed by atoms with E-state index in [-0.39, 0.29) is 17.4 Å². The van der Waals surface area contributed by atoms with Crippen LogP contribution in [0.2, 0.25) is 0 Å². The maximum absolute atomic E-state index is 10.7. The van der Waals surface area contributed by atoms with Crippen LogP contribution in [0.25, 0.3) is 11.1 Å². The average Bonchev–Trinajstić information content (AvgIpc) is 2.59. The molecule has 0 unspecified atom stereocenters. The van der Waals surface area contributed by atoms with Crippen LogP contribution in [-0.2, 0) is 17.4 Å². The SMILES string of the molecule is COc1ccc(CN=O)cc1-c1cc2c(cc1C)C(C)(C)CCC2(C)C. The van der Waals surface area contributed by atoms with Gasteiger partial charge in [-0.3, -0.25) is 0 Å². The van der Waals surface area contributed by atoms with E-state index in [1.807, 2.05) is 18.2 Å². The Morgan fingerprint density at radius 1 is 0.962 bits per heavy atom. The Morgan fingerprint density at radius 2 is 1.58 bits per heavy atom. The number of fused-ring (bicyclic) bond motifs is 1. The van der Waals surface area contributed by atoms with E-state index in [2.05, 4.69) is 51.9 Å². The first-order valence-corrected chi connectivity index (χ1v) is 9.31. The summed E-state index contributed by atoms with van der Waals surface area (Å²) in [4.78, 5) is 10.7. The van der Waals surface area contributed by atoms with Gasteiger partial charge in [0.05, 0.1) is 7.11 Å². The van der Waals surface area contributed by atoms with Gasteiger partial charge in [-0.2, -0.15) is 4.91 Å². The maximum Gasteiger partial charge on any atom is 0.126 e. The van der Waals surface area contributed by atoms with Crippen LogP contribution >= 0.6 is 0 Å². The van der Waals surface area contributed by atoms with E-state index in [4.69, 9.17) is 4.74 Å². The number of methoxy groups -OCH3 is 1. The molecule has 0 bridgehead atoms. The fourth-order valence-corrected chi connectivity index (χ4v) is 4.15. The highest BCUT2D eigenvalue weighted by atomic mass is 16.5. The Bertz CT molecular complexity index is 850. The van der Waals surface area contributed by atoms with Crippen LogP contribution in [0.15, 0.2) is 35.5 Å². The zero-order chi connectivity index (χ0) is 19.1. The fraction of sp³-hybridized carbons (Fsp3) is 0.478. The van der Waals surface area contributed by atoms with Crippen molar-refractivity contribution < 1.29 is 4.74 Å². The van der Waals surface area contributed by atoms with Crippen molar-refractivity contribution in [3.8, 4) is 16.9 Å². The number of ether oxygens (including phenoxy) is 1.